The Bertz CT molecular complexity index is 550. The number of hydrogen-bond donors (Lipinski definition) is 0. The minimum atomic E-state index is -0.910. The molecule has 0 bridgehead atoms. The molecule has 0 spiro atoms. The predicted molar refractivity (Wildman–Crippen MR) is 73.6 cm³/mol. The molecule has 100 valence electrons. The number of carbonyl (C=O) groups is 3. The lowest BCUT2D eigenvalue weighted by atomic mass is 10.3. The molecule has 2 heterocycles. The van der Waals surface area contributed by atoms with Crippen molar-refractivity contribution in [2.75, 3.05) is 7.11 Å². The van der Waals surface area contributed by atoms with Crippen LogP contribution in [0.3, 0.4) is 0 Å². The monoisotopic (exact) mass is 297 g/mol. The van der Waals surface area contributed by atoms with E-state index in [1.54, 1.807) is 6.08 Å². The van der Waals surface area contributed by atoms with E-state index in [0.717, 1.165) is 21.5 Å². The van der Waals surface area contributed by atoms with Crippen LogP contribution in [-0.2, 0) is 14.3 Å². The summed E-state index contributed by atoms with van der Waals surface area (Å²) in [6.45, 7) is 1.47. The van der Waals surface area contributed by atoms with E-state index in [1.165, 1.54) is 25.4 Å². The molecule has 1 fully saturated rings. The summed E-state index contributed by atoms with van der Waals surface area (Å²) in [7, 11) is 1.22. The van der Waals surface area contributed by atoms with Crippen LogP contribution in [0, 0.1) is 0 Å². The summed E-state index contributed by atoms with van der Waals surface area (Å²) in [6, 6.07) is 2.80. The van der Waals surface area contributed by atoms with Gasteiger partial charge in [0.25, 0.3) is 11.1 Å². The minimum Gasteiger partial charge on any atom is -0.467 e. The summed E-state index contributed by atoms with van der Waals surface area (Å²) in [6.07, 6.45) is 1.65. The van der Waals surface area contributed by atoms with Gasteiger partial charge in [0, 0.05) is 4.88 Å². The zero-order chi connectivity index (χ0) is 14.0. The Labute approximate surface area is 118 Å². The number of amides is 2. The SMILES string of the molecule is COC(=O)[C@H](C)N1C(=O)S/C(=C/c2cccs2)C1=O. The van der Waals surface area contributed by atoms with Crippen molar-refractivity contribution in [1.82, 2.24) is 4.90 Å². The van der Waals surface area contributed by atoms with Gasteiger partial charge in [0.05, 0.1) is 12.0 Å². The fourth-order valence-corrected chi connectivity index (χ4v) is 3.22. The van der Waals surface area contributed by atoms with Crippen molar-refractivity contribution in [3.8, 4) is 0 Å². The standard InChI is InChI=1S/C12H11NO4S2/c1-7(11(15)17-2)13-10(14)9(19-12(13)16)6-8-4-3-5-18-8/h3-7H,1-2H3/b9-6+/t7-/m0/s1. The minimum absolute atomic E-state index is 0.322. The first-order valence-corrected chi connectivity index (χ1v) is 7.12. The number of imide groups is 1. The Hall–Kier alpha value is -1.60. The lowest BCUT2D eigenvalue weighted by Gasteiger charge is -2.18. The smallest absolute Gasteiger partial charge is 0.328 e. The van der Waals surface area contributed by atoms with E-state index in [0.29, 0.717) is 4.91 Å². The maximum atomic E-state index is 12.1. The lowest BCUT2D eigenvalue weighted by molar-refractivity contribution is -0.148. The van der Waals surface area contributed by atoms with Crippen molar-refractivity contribution in [2.24, 2.45) is 0 Å². The number of carbonyl (C=O) groups excluding carboxylic acids is 3. The number of ether oxygens (including phenoxy) is 1. The van der Waals surface area contributed by atoms with E-state index in [-0.39, 0.29) is 0 Å². The topological polar surface area (TPSA) is 63.7 Å². The molecule has 0 N–H and O–H groups in total. The maximum absolute atomic E-state index is 12.1. The summed E-state index contributed by atoms with van der Waals surface area (Å²) in [5.74, 6) is -1.07. The Morgan fingerprint density at radius 3 is 2.79 bits per heavy atom. The molecule has 0 aromatic carbocycles. The Morgan fingerprint density at radius 2 is 2.21 bits per heavy atom. The summed E-state index contributed by atoms with van der Waals surface area (Å²) in [5, 5.41) is 1.43. The summed E-state index contributed by atoms with van der Waals surface area (Å²) < 4.78 is 4.55. The molecule has 2 rings (SSSR count). The number of esters is 1. The Balaban J connectivity index is 2.24. The third kappa shape index (κ3) is 2.71. The van der Waals surface area contributed by atoms with E-state index in [4.69, 9.17) is 0 Å². The first-order chi connectivity index (χ1) is 9.04. The molecule has 2 amide bonds. The van der Waals surface area contributed by atoms with Crippen molar-refractivity contribution < 1.29 is 19.1 Å². The quantitative estimate of drug-likeness (QED) is 0.633. The average molecular weight is 297 g/mol. The van der Waals surface area contributed by atoms with E-state index >= 15 is 0 Å². The van der Waals surface area contributed by atoms with Gasteiger partial charge in [-0.15, -0.1) is 11.3 Å². The van der Waals surface area contributed by atoms with Crippen LogP contribution >= 0.6 is 23.1 Å². The van der Waals surface area contributed by atoms with E-state index in [9.17, 15) is 14.4 Å². The molecule has 1 atom stereocenters. The van der Waals surface area contributed by atoms with Crippen molar-refractivity contribution in [2.45, 2.75) is 13.0 Å². The molecule has 19 heavy (non-hydrogen) atoms. The van der Waals surface area contributed by atoms with Gasteiger partial charge in [-0.1, -0.05) is 6.07 Å². The molecule has 0 radical (unpaired) electrons. The van der Waals surface area contributed by atoms with Crippen molar-refractivity contribution in [3.63, 3.8) is 0 Å². The highest BCUT2D eigenvalue weighted by Crippen LogP contribution is 2.34. The van der Waals surface area contributed by atoms with E-state index in [2.05, 4.69) is 4.74 Å². The Kier molecular flexibility index (Phi) is 4.06. The summed E-state index contributed by atoms with van der Waals surface area (Å²) in [5.41, 5.74) is 0. The van der Waals surface area contributed by atoms with Crippen LogP contribution in [0.4, 0.5) is 4.79 Å². The van der Waals surface area contributed by atoms with Crippen LogP contribution in [-0.4, -0.2) is 35.2 Å². The number of thiophene rings is 1. The van der Waals surface area contributed by atoms with Gasteiger partial charge in [-0.25, -0.2) is 4.79 Å². The molecule has 1 saturated heterocycles. The normalized spacial score (nSPS) is 19.1. The number of hydrogen-bond acceptors (Lipinski definition) is 6. The van der Waals surface area contributed by atoms with Crippen LogP contribution in [0.15, 0.2) is 22.4 Å². The second kappa shape index (κ2) is 5.58. The second-order valence-corrected chi connectivity index (χ2v) is 5.74. The van der Waals surface area contributed by atoms with Gasteiger partial charge in [0.1, 0.15) is 6.04 Å². The fourth-order valence-electron chi connectivity index (χ4n) is 1.59. The third-order valence-electron chi connectivity index (χ3n) is 2.57. The number of thioether (sulfide) groups is 1. The first kappa shape index (κ1) is 13.8. The molecule has 1 aliphatic rings. The fraction of sp³-hybridized carbons (Fsp3) is 0.250. The van der Waals surface area contributed by atoms with Crippen LogP contribution in [0.2, 0.25) is 0 Å². The molecular formula is C12H11NO4S2. The third-order valence-corrected chi connectivity index (χ3v) is 4.27. The Morgan fingerprint density at radius 1 is 1.47 bits per heavy atom. The van der Waals surface area contributed by atoms with Gasteiger partial charge >= 0.3 is 5.97 Å². The zero-order valence-corrected chi connectivity index (χ0v) is 11.9. The molecule has 5 nitrogen and oxygen atoms in total. The van der Waals surface area contributed by atoms with Gasteiger partial charge in [-0.2, -0.15) is 0 Å². The van der Waals surface area contributed by atoms with Gasteiger partial charge < -0.3 is 4.74 Å². The second-order valence-electron chi connectivity index (χ2n) is 3.77. The average Bonchev–Trinajstić information content (AvgIpc) is 2.98. The highest BCUT2D eigenvalue weighted by Gasteiger charge is 2.41. The highest BCUT2D eigenvalue weighted by atomic mass is 32.2. The van der Waals surface area contributed by atoms with Crippen LogP contribution < -0.4 is 0 Å². The van der Waals surface area contributed by atoms with Gasteiger partial charge in [0.15, 0.2) is 0 Å². The molecule has 0 aliphatic carbocycles. The molecule has 0 saturated carbocycles. The molecule has 1 aromatic heterocycles. The molecule has 7 heteroatoms. The molecular weight excluding hydrogens is 286 g/mol. The number of methoxy groups -OCH3 is 1. The maximum Gasteiger partial charge on any atom is 0.328 e. The van der Waals surface area contributed by atoms with Crippen molar-refractivity contribution in [3.05, 3.63) is 27.3 Å². The summed E-state index contributed by atoms with van der Waals surface area (Å²) in [4.78, 5) is 37.5. The zero-order valence-electron chi connectivity index (χ0n) is 10.3. The number of rotatable bonds is 3. The van der Waals surface area contributed by atoms with Gasteiger partial charge in [-0.05, 0) is 36.2 Å². The van der Waals surface area contributed by atoms with Crippen LogP contribution in [0.5, 0.6) is 0 Å². The van der Waals surface area contributed by atoms with E-state index < -0.39 is 23.2 Å². The van der Waals surface area contributed by atoms with Crippen LogP contribution in [0.1, 0.15) is 11.8 Å². The number of nitrogens with zero attached hydrogens (tertiary/aromatic N) is 1. The van der Waals surface area contributed by atoms with Crippen LogP contribution in [0.25, 0.3) is 6.08 Å². The van der Waals surface area contributed by atoms with Crippen molar-refractivity contribution in [1.29, 1.82) is 0 Å². The molecule has 0 unspecified atom stereocenters. The lowest BCUT2D eigenvalue weighted by Crippen LogP contribution is -2.42. The molecule has 1 aromatic rings. The van der Waals surface area contributed by atoms with Crippen molar-refractivity contribution >= 4 is 46.3 Å². The van der Waals surface area contributed by atoms with Gasteiger partial charge in [-0.3, -0.25) is 14.5 Å². The summed E-state index contributed by atoms with van der Waals surface area (Å²) >= 11 is 2.30. The van der Waals surface area contributed by atoms with E-state index in [1.807, 2.05) is 17.5 Å². The highest BCUT2D eigenvalue weighted by molar-refractivity contribution is 8.18. The first-order valence-electron chi connectivity index (χ1n) is 5.43. The predicted octanol–water partition coefficient (Wildman–Crippen LogP) is 2.35. The van der Waals surface area contributed by atoms with Gasteiger partial charge in [0.2, 0.25) is 0 Å². The molecule has 1 aliphatic heterocycles. The largest absolute Gasteiger partial charge is 0.467 e.